The Morgan fingerprint density at radius 1 is 1.33 bits per heavy atom. The largest absolute Gasteiger partial charge is 0.496 e. The average molecular weight is 418 g/mol. The van der Waals surface area contributed by atoms with Gasteiger partial charge in [0.2, 0.25) is 0 Å². The normalized spacial score (nSPS) is 10.4. The summed E-state index contributed by atoms with van der Waals surface area (Å²) in [4.78, 5) is 8.96. The summed E-state index contributed by atoms with van der Waals surface area (Å²) in [6, 6.07) is 11.5. The van der Waals surface area contributed by atoms with Gasteiger partial charge in [-0.05, 0) is 30.3 Å². The molecular weight excluding hydrogens is 406 g/mol. The second-order valence-electron chi connectivity index (χ2n) is 4.77. The predicted octanol–water partition coefficient (Wildman–Crippen LogP) is 5.14. The van der Waals surface area contributed by atoms with Crippen LogP contribution >= 0.6 is 39.0 Å². The van der Waals surface area contributed by atoms with Crippen LogP contribution in [0.15, 0.2) is 51.4 Å². The van der Waals surface area contributed by atoms with Crippen LogP contribution in [0.3, 0.4) is 0 Å². The smallest absolute Gasteiger partial charge is 0.129 e. The van der Waals surface area contributed by atoms with Crippen molar-refractivity contribution in [1.82, 2.24) is 9.97 Å². The number of nitriles is 1. The zero-order valence-corrected chi connectivity index (χ0v) is 15.9. The first-order valence-corrected chi connectivity index (χ1v) is 9.62. The highest BCUT2D eigenvalue weighted by Gasteiger charge is 2.11. The number of thioether (sulfide) groups is 1. The third-order valence-electron chi connectivity index (χ3n) is 3.18. The Hall–Kier alpha value is -1.88. The number of thiazole rings is 1. The molecule has 7 heteroatoms. The molecule has 0 aliphatic heterocycles. The molecule has 0 N–H and O–H groups in total. The van der Waals surface area contributed by atoms with Crippen LogP contribution in [0.25, 0.3) is 10.6 Å². The van der Waals surface area contributed by atoms with Crippen LogP contribution in [0.2, 0.25) is 0 Å². The molecule has 2 heterocycles. The first-order chi connectivity index (χ1) is 11.7. The standard InChI is InChI=1S/C17H12BrN3OS2/c1-22-15-3-2-12(18)7-14(15)17-21-13(10-24-17)9-23-16-6-11(8-19)4-5-20-16/h2-7,10H,9H2,1H3. The van der Waals surface area contributed by atoms with E-state index in [0.29, 0.717) is 11.3 Å². The van der Waals surface area contributed by atoms with E-state index in [-0.39, 0.29) is 0 Å². The Labute approximate surface area is 156 Å². The van der Waals surface area contributed by atoms with Gasteiger partial charge in [-0.25, -0.2) is 9.97 Å². The van der Waals surface area contributed by atoms with Gasteiger partial charge < -0.3 is 4.74 Å². The van der Waals surface area contributed by atoms with E-state index in [4.69, 9.17) is 15.0 Å². The number of aromatic nitrogens is 2. The van der Waals surface area contributed by atoms with E-state index in [1.807, 2.05) is 23.6 Å². The Morgan fingerprint density at radius 2 is 2.21 bits per heavy atom. The van der Waals surface area contributed by atoms with E-state index in [2.05, 4.69) is 27.0 Å². The summed E-state index contributed by atoms with van der Waals surface area (Å²) in [5.41, 5.74) is 2.56. The van der Waals surface area contributed by atoms with Crippen LogP contribution in [-0.4, -0.2) is 17.1 Å². The SMILES string of the molecule is COc1ccc(Br)cc1-c1nc(CSc2cc(C#N)ccn2)cs1. The van der Waals surface area contributed by atoms with E-state index in [0.717, 1.165) is 31.5 Å². The van der Waals surface area contributed by atoms with Crippen molar-refractivity contribution in [3.05, 3.63) is 57.6 Å². The zero-order chi connectivity index (χ0) is 16.9. The molecule has 3 aromatic rings. The zero-order valence-electron chi connectivity index (χ0n) is 12.7. The fourth-order valence-corrected chi connectivity index (χ4v) is 4.15. The molecular formula is C17H12BrN3OS2. The molecule has 4 nitrogen and oxygen atoms in total. The second-order valence-corrected chi connectivity index (χ2v) is 7.54. The number of benzene rings is 1. The van der Waals surface area contributed by atoms with E-state index in [1.54, 1.807) is 48.5 Å². The van der Waals surface area contributed by atoms with Crippen LogP contribution in [-0.2, 0) is 5.75 Å². The molecule has 3 rings (SSSR count). The van der Waals surface area contributed by atoms with Crippen LogP contribution in [0.5, 0.6) is 5.75 Å². The topological polar surface area (TPSA) is 58.8 Å². The maximum Gasteiger partial charge on any atom is 0.129 e. The number of hydrogen-bond acceptors (Lipinski definition) is 6. The average Bonchev–Trinajstić information content (AvgIpc) is 3.09. The van der Waals surface area contributed by atoms with Crippen LogP contribution in [0.4, 0.5) is 0 Å². The fraction of sp³-hybridized carbons (Fsp3) is 0.118. The predicted molar refractivity (Wildman–Crippen MR) is 100 cm³/mol. The summed E-state index contributed by atoms with van der Waals surface area (Å²) in [7, 11) is 1.66. The lowest BCUT2D eigenvalue weighted by atomic mass is 10.2. The molecule has 0 radical (unpaired) electrons. The quantitative estimate of drug-likeness (QED) is 0.537. The van der Waals surface area contributed by atoms with Crippen molar-refractivity contribution < 1.29 is 4.74 Å². The lowest BCUT2D eigenvalue weighted by Gasteiger charge is -2.06. The highest BCUT2D eigenvalue weighted by molar-refractivity contribution is 9.10. The molecule has 0 spiro atoms. The summed E-state index contributed by atoms with van der Waals surface area (Å²) < 4.78 is 6.41. The van der Waals surface area contributed by atoms with E-state index in [1.165, 1.54) is 0 Å². The number of methoxy groups -OCH3 is 1. The number of nitrogens with zero attached hydrogens (tertiary/aromatic N) is 3. The summed E-state index contributed by atoms with van der Waals surface area (Å²) >= 11 is 6.64. The van der Waals surface area contributed by atoms with E-state index in [9.17, 15) is 0 Å². The molecule has 24 heavy (non-hydrogen) atoms. The number of ether oxygens (including phenoxy) is 1. The molecule has 0 amide bonds. The number of halogens is 1. The van der Waals surface area contributed by atoms with Crippen molar-refractivity contribution >= 4 is 39.0 Å². The Morgan fingerprint density at radius 3 is 3.00 bits per heavy atom. The van der Waals surface area contributed by atoms with Crippen molar-refractivity contribution in [3.63, 3.8) is 0 Å². The van der Waals surface area contributed by atoms with Crippen molar-refractivity contribution in [2.75, 3.05) is 7.11 Å². The van der Waals surface area contributed by atoms with Crippen molar-refractivity contribution in [3.8, 4) is 22.4 Å². The van der Waals surface area contributed by atoms with Gasteiger partial charge in [-0.1, -0.05) is 27.7 Å². The van der Waals surface area contributed by atoms with Crippen molar-refractivity contribution in [1.29, 1.82) is 5.26 Å². The summed E-state index contributed by atoms with van der Waals surface area (Å²) in [5, 5.41) is 12.7. The molecule has 0 saturated heterocycles. The minimum atomic E-state index is 0.616. The van der Waals surface area contributed by atoms with Gasteiger partial charge in [0, 0.05) is 21.8 Å². The molecule has 0 bridgehead atoms. The first kappa shape index (κ1) is 17.0. The number of hydrogen-bond donors (Lipinski definition) is 0. The van der Waals surface area contributed by atoms with Crippen LogP contribution in [0.1, 0.15) is 11.3 Å². The van der Waals surface area contributed by atoms with Gasteiger partial charge >= 0.3 is 0 Å². The molecule has 0 atom stereocenters. The summed E-state index contributed by atoms with van der Waals surface area (Å²) in [6.07, 6.45) is 1.65. The van der Waals surface area contributed by atoms with Crippen molar-refractivity contribution in [2.24, 2.45) is 0 Å². The van der Waals surface area contributed by atoms with Crippen molar-refractivity contribution in [2.45, 2.75) is 10.8 Å². The van der Waals surface area contributed by atoms with Gasteiger partial charge in [0.1, 0.15) is 10.8 Å². The summed E-state index contributed by atoms with van der Waals surface area (Å²) in [6.45, 7) is 0. The first-order valence-electron chi connectivity index (χ1n) is 6.97. The maximum atomic E-state index is 8.94. The number of pyridine rings is 1. The maximum absolute atomic E-state index is 8.94. The molecule has 0 unspecified atom stereocenters. The molecule has 0 fully saturated rings. The Balaban J connectivity index is 1.76. The van der Waals surface area contributed by atoms with Gasteiger partial charge in [0.05, 0.1) is 35.0 Å². The lowest BCUT2D eigenvalue weighted by Crippen LogP contribution is -1.89. The minimum absolute atomic E-state index is 0.616. The van der Waals surface area contributed by atoms with Gasteiger partial charge in [-0.15, -0.1) is 11.3 Å². The molecule has 1 aromatic carbocycles. The highest BCUT2D eigenvalue weighted by Crippen LogP contribution is 2.35. The highest BCUT2D eigenvalue weighted by atomic mass is 79.9. The monoisotopic (exact) mass is 417 g/mol. The molecule has 2 aromatic heterocycles. The molecule has 120 valence electrons. The van der Waals surface area contributed by atoms with Gasteiger partial charge in [0.25, 0.3) is 0 Å². The van der Waals surface area contributed by atoms with Gasteiger partial charge in [-0.2, -0.15) is 5.26 Å². The molecule has 0 saturated carbocycles. The third kappa shape index (κ3) is 3.96. The summed E-state index contributed by atoms with van der Waals surface area (Å²) in [5.74, 6) is 1.50. The third-order valence-corrected chi connectivity index (χ3v) is 5.55. The Kier molecular flexibility index (Phi) is 5.51. The van der Waals surface area contributed by atoms with Crippen LogP contribution < -0.4 is 4.74 Å². The number of rotatable bonds is 5. The lowest BCUT2D eigenvalue weighted by molar-refractivity contribution is 0.416. The van der Waals surface area contributed by atoms with E-state index < -0.39 is 0 Å². The second kappa shape index (κ2) is 7.79. The fourth-order valence-electron chi connectivity index (χ4n) is 2.05. The van der Waals surface area contributed by atoms with Gasteiger partial charge in [-0.3, -0.25) is 0 Å². The minimum Gasteiger partial charge on any atom is -0.496 e. The van der Waals surface area contributed by atoms with E-state index >= 15 is 0 Å². The molecule has 0 aliphatic rings. The molecule has 0 aliphatic carbocycles. The van der Waals surface area contributed by atoms with Crippen LogP contribution in [0, 0.1) is 11.3 Å². The van der Waals surface area contributed by atoms with Gasteiger partial charge in [0.15, 0.2) is 0 Å². The Bertz CT molecular complexity index is 905.